The zero-order valence-electron chi connectivity index (χ0n) is 12.1. The number of carbonyl (C=O) groups is 2. The van der Waals surface area contributed by atoms with Gasteiger partial charge in [0.25, 0.3) is 0 Å². The second-order valence-corrected chi connectivity index (χ2v) is 5.35. The molecule has 0 bridgehead atoms. The molecule has 2 N–H and O–H groups in total. The molecule has 2 heterocycles. The van der Waals surface area contributed by atoms with Crippen molar-refractivity contribution in [3.8, 4) is 0 Å². The number of nitrogens with two attached hydrogens (primary N) is 1. The fourth-order valence-electron chi connectivity index (χ4n) is 2.63. The second-order valence-electron chi connectivity index (χ2n) is 5.35. The number of morpholine rings is 1. The summed E-state index contributed by atoms with van der Waals surface area (Å²) in [6.07, 6.45) is 0.0334. The molecule has 0 saturated carbocycles. The maximum atomic E-state index is 12.2. The number of piperazine rings is 1. The number of amides is 2. The Bertz CT molecular complexity index is 356. The highest BCUT2D eigenvalue weighted by Gasteiger charge is 2.26. The highest BCUT2D eigenvalue weighted by atomic mass is 16.5. The average molecular weight is 284 g/mol. The molecule has 0 radical (unpaired) electrons. The van der Waals surface area contributed by atoms with Crippen molar-refractivity contribution in [3.63, 3.8) is 0 Å². The van der Waals surface area contributed by atoms with Crippen LogP contribution >= 0.6 is 0 Å². The van der Waals surface area contributed by atoms with Crippen molar-refractivity contribution >= 4 is 11.8 Å². The van der Waals surface area contributed by atoms with Crippen LogP contribution in [0.1, 0.15) is 6.92 Å². The first-order valence-corrected chi connectivity index (χ1v) is 7.17. The Kier molecular flexibility index (Phi) is 5.33. The largest absolute Gasteiger partial charge is 0.374 e. The minimum absolute atomic E-state index is 0.0334. The third-order valence-corrected chi connectivity index (χ3v) is 3.92. The van der Waals surface area contributed by atoms with Crippen LogP contribution in [0.2, 0.25) is 0 Å². The van der Waals surface area contributed by atoms with Gasteiger partial charge in [0.1, 0.15) is 0 Å². The van der Waals surface area contributed by atoms with Gasteiger partial charge >= 0.3 is 0 Å². The van der Waals surface area contributed by atoms with Crippen molar-refractivity contribution in [1.29, 1.82) is 0 Å². The standard InChI is InChI=1S/C13H24N4O3/c1-11(18)16-2-4-17(5-3-16)13(19)10-15-6-7-20-12(8-14)9-15/h12H,2-10,14H2,1H3. The van der Waals surface area contributed by atoms with Crippen LogP contribution in [0, 0.1) is 0 Å². The summed E-state index contributed by atoms with van der Waals surface area (Å²) in [6, 6.07) is 0. The zero-order valence-corrected chi connectivity index (χ0v) is 12.1. The summed E-state index contributed by atoms with van der Waals surface area (Å²) < 4.78 is 5.49. The van der Waals surface area contributed by atoms with E-state index in [1.807, 2.05) is 4.90 Å². The molecule has 2 amide bonds. The van der Waals surface area contributed by atoms with Crippen molar-refractivity contribution in [2.24, 2.45) is 5.73 Å². The van der Waals surface area contributed by atoms with Crippen molar-refractivity contribution in [2.75, 3.05) is 59.0 Å². The number of carbonyl (C=O) groups excluding carboxylic acids is 2. The van der Waals surface area contributed by atoms with E-state index in [-0.39, 0.29) is 17.9 Å². The first-order chi connectivity index (χ1) is 9.60. The Morgan fingerprint density at radius 2 is 1.80 bits per heavy atom. The molecule has 2 aliphatic rings. The Balaban J connectivity index is 1.76. The van der Waals surface area contributed by atoms with E-state index in [2.05, 4.69) is 4.90 Å². The van der Waals surface area contributed by atoms with Crippen LogP contribution in [0.15, 0.2) is 0 Å². The number of nitrogens with zero attached hydrogens (tertiary/aromatic N) is 3. The van der Waals surface area contributed by atoms with Crippen molar-refractivity contribution in [3.05, 3.63) is 0 Å². The van der Waals surface area contributed by atoms with E-state index in [4.69, 9.17) is 10.5 Å². The third-order valence-electron chi connectivity index (χ3n) is 3.92. The van der Waals surface area contributed by atoms with Gasteiger partial charge in [0, 0.05) is 52.7 Å². The van der Waals surface area contributed by atoms with Gasteiger partial charge in [-0.25, -0.2) is 0 Å². The molecule has 0 aromatic rings. The summed E-state index contributed by atoms with van der Waals surface area (Å²) >= 11 is 0. The predicted octanol–water partition coefficient (Wildman–Crippen LogP) is -1.66. The molecule has 2 aliphatic heterocycles. The maximum Gasteiger partial charge on any atom is 0.236 e. The lowest BCUT2D eigenvalue weighted by molar-refractivity contribution is -0.140. The van der Waals surface area contributed by atoms with E-state index >= 15 is 0 Å². The van der Waals surface area contributed by atoms with Gasteiger partial charge in [0.2, 0.25) is 11.8 Å². The molecule has 2 rings (SSSR count). The molecule has 114 valence electrons. The second kappa shape index (κ2) is 7.01. The lowest BCUT2D eigenvalue weighted by atomic mass is 10.2. The minimum Gasteiger partial charge on any atom is -0.374 e. The molecule has 0 aromatic heterocycles. The smallest absolute Gasteiger partial charge is 0.236 e. The summed E-state index contributed by atoms with van der Waals surface area (Å²) in [5, 5.41) is 0. The Morgan fingerprint density at radius 3 is 2.40 bits per heavy atom. The van der Waals surface area contributed by atoms with Crippen molar-refractivity contribution < 1.29 is 14.3 Å². The van der Waals surface area contributed by atoms with Gasteiger partial charge in [-0.05, 0) is 0 Å². The first kappa shape index (κ1) is 15.2. The van der Waals surface area contributed by atoms with Crippen LogP contribution < -0.4 is 5.73 Å². The normalized spacial score (nSPS) is 24.8. The first-order valence-electron chi connectivity index (χ1n) is 7.17. The molecule has 0 aromatic carbocycles. The van der Waals surface area contributed by atoms with Crippen LogP contribution in [-0.2, 0) is 14.3 Å². The molecule has 1 unspecified atom stereocenters. The number of ether oxygens (including phenoxy) is 1. The number of rotatable bonds is 3. The van der Waals surface area contributed by atoms with Gasteiger partial charge < -0.3 is 20.3 Å². The molecular formula is C13H24N4O3. The average Bonchev–Trinajstić information content (AvgIpc) is 2.47. The summed E-state index contributed by atoms with van der Waals surface area (Å²) in [7, 11) is 0. The van der Waals surface area contributed by atoms with E-state index in [0.717, 1.165) is 13.1 Å². The fourth-order valence-corrected chi connectivity index (χ4v) is 2.63. The molecule has 20 heavy (non-hydrogen) atoms. The zero-order chi connectivity index (χ0) is 14.5. The topological polar surface area (TPSA) is 79.1 Å². The molecule has 0 spiro atoms. The van der Waals surface area contributed by atoms with Crippen molar-refractivity contribution in [1.82, 2.24) is 14.7 Å². The Morgan fingerprint density at radius 1 is 1.15 bits per heavy atom. The summed E-state index contributed by atoms with van der Waals surface area (Å²) in [5.41, 5.74) is 5.60. The third kappa shape index (κ3) is 3.91. The molecule has 2 fully saturated rings. The molecule has 7 heteroatoms. The Labute approximate surface area is 119 Å². The predicted molar refractivity (Wildman–Crippen MR) is 74.1 cm³/mol. The van der Waals surface area contributed by atoms with E-state index in [1.54, 1.807) is 11.8 Å². The molecule has 7 nitrogen and oxygen atoms in total. The van der Waals surface area contributed by atoms with Crippen LogP contribution in [0.25, 0.3) is 0 Å². The van der Waals surface area contributed by atoms with Gasteiger partial charge in [-0.1, -0.05) is 0 Å². The fraction of sp³-hybridized carbons (Fsp3) is 0.846. The van der Waals surface area contributed by atoms with Gasteiger partial charge in [0.15, 0.2) is 0 Å². The lowest BCUT2D eigenvalue weighted by Gasteiger charge is -2.37. The molecule has 2 saturated heterocycles. The highest BCUT2D eigenvalue weighted by Crippen LogP contribution is 2.07. The summed E-state index contributed by atoms with van der Waals surface area (Å²) in [6.45, 7) is 7.12. The van der Waals surface area contributed by atoms with Crippen LogP contribution in [0.3, 0.4) is 0 Å². The molecule has 1 atom stereocenters. The van der Waals surface area contributed by atoms with Crippen molar-refractivity contribution in [2.45, 2.75) is 13.0 Å². The quantitative estimate of drug-likeness (QED) is 0.671. The monoisotopic (exact) mass is 284 g/mol. The van der Waals surface area contributed by atoms with Gasteiger partial charge in [-0.2, -0.15) is 0 Å². The lowest BCUT2D eigenvalue weighted by Crippen LogP contribution is -2.54. The van der Waals surface area contributed by atoms with E-state index in [9.17, 15) is 9.59 Å². The molecular weight excluding hydrogens is 260 g/mol. The maximum absolute atomic E-state index is 12.2. The van der Waals surface area contributed by atoms with E-state index in [1.165, 1.54) is 0 Å². The number of hydrogen-bond acceptors (Lipinski definition) is 5. The Hall–Kier alpha value is -1.18. The van der Waals surface area contributed by atoms with E-state index in [0.29, 0.717) is 45.9 Å². The van der Waals surface area contributed by atoms with Crippen LogP contribution in [0.5, 0.6) is 0 Å². The van der Waals surface area contributed by atoms with Gasteiger partial charge in [-0.3, -0.25) is 14.5 Å². The number of hydrogen-bond donors (Lipinski definition) is 1. The summed E-state index contributed by atoms with van der Waals surface area (Å²) in [4.78, 5) is 29.2. The minimum atomic E-state index is 0.0334. The van der Waals surface area contributed by atoms with E-state index < -0.39 is 0 Å². The highest BCUT2D eigenvalue weighted by molar-refractivity contribution is 5.79. The summed E-state index contributed by atoms with van der Waals surface area (Å²) in [5.74, 6) is 0.210. The van der Waals surface area contributed by atoms with Gasteiger partial charge in [0.05, 0.1) is 19.3 Å². The van der Waals surface area contributed by atoms with Crippen LogP contribution in [0.4, 0.5) is 0 Å². The van der Waals surface area contributed by atoms with Crippen LogP contribution in [-0.4, -0.2) is 91.6 Å². The molecule has 0 aliphatic carbocycles. The SMILES string of the molecule is CC(=O)N1CCN(C(=O)CN2CCOC(CN)C2)CC1. The van der Waals surface area contributed by atoms with Gasteiger partial charge in [-0.15, -0.1) is 0 Å².